The number of hydrogen-bond acceptors (Lipinski definition) is 6. The third-order valence-corrected chi connectivity index (χ3v) is 4.43. The van der Waals surface area contributed by atoms with Crippen molar-refractivity contribution in [1.29, 1.82) is 10.8 Å². The Morgan fingerprint density at radius 2 is 2.00 bits per heavy atom. The van der Waals surface area contributed by atoms with E-state index in [1.807, 2.05) is 0 Å². The number of carbonyl (C=O) groups excluding carboxylic acids is 1. The average molecular weight is 433 g/mol. The van der Waals surface area contributed by atoms with E-state index in [0.717, 1.165) is 40.0 Å². The van der Waals surface area contributed by atoms with Crippen molar-refractivity contribution in [3.05, 3.63) is 57.7 Å². The second kappa shape index (κ2) is 8.13. The van der Waals surface area contributed by atoms with E-state index in [1.54, 1.807) is 13.8 Å². The lowest BCUT2D eigenvalue weighted by Crippen LogP contribution is -2.31. The Hall–Kier alpha value is -3.83. The van der Waals surface area contributed by atoms with Gasteiger partial charge in [0.15, 0.2) is 0 Å². The summed E-state index contributed by atoms with van der Waals surface area (Å²) in [5.41, 5.74) is -1.40. The fraction of sp³-hybridized carbons (Fsp3) is 0.263. The third-order valence-electron chi connectivity index (χ3n) is 4.43. The van der Waals surface area contributed by atoms with Gasteiger partial charge in [-0.2, -0.15) is 18.3 Å². The van der Waals surface area contributed by atoms with E-state index in [0.29, 0.717) is 0 Å². The Balaban J connectivity index is 1.99. The molecule has 31 heavy (non-hydrogen) atoms. The summed E-state index contributed by atoms with van der Waals surface area (Å²) in [6.07, 6.45) is -1.32. The Kier molecular flexibility index (Phi) is 5.73. The molecule has 3 N–H and O–H groups in total. The molecule has 2 heterocycles. The number of nitrogens with one attached hydrogen (secondary N) is 3. The van der Waals surface area contributed by atoms with Crippen LogP contribution in [0.4, 0.5) is 19.0 Å². The van der Waals surface area contributed by atoms with Gasteiger partial charge in [0.2, 0.25) is 5.91 Å². The molecule has 0 aliphatic rings. The lowest BCUT2D eigenvalue weighted by molar-refractivity contribution is -0.137. The predicted octanol–water partition coefficient (Wildman–Crippen LogP) is 2.31. The van der Waals surface area contributed by atoms with Gasteiger partial charge in [0.05, 0.1) is 35.4 Å². The van der Waals surface area contributed by atoms with Crippen molar-refractivity contribution in [2.75, 3.05) is 5.32 Å². The number of hydrogen-bond donors (Lipinski definition) is 3. The van der Waals surface area contributed by atoms with Crippen molar-refractivity contribution in [3.63, 3.8) is 0 Å². The lowest BCUT2D eigenvalue weighted by Gasteiger charge is -2.15. The largest absolute Gasteiger partial charge is 0.416 e. The molecule has 9 nitrogen and oxygen atoms in total. The van der Waals surface area contributed by atoms with Gasteiger partial charge in [0.25, 0.3) is 5.56 Å². The minimum absolute atomic E-state index is 0.0258. The van der Waals surface area contributed by atoms with Crippen molar-refractivity contribution in [1.82, 2.24) is 19.3 Å². The highest BCUT2D eigenvalue weighted by Gasteiger charge is 2.31. The molecule has 1 amide bonds. The molecule has 0 aliphatic heterocycles. The Morgan fingerprint density at radius 3 is 2.61 bits per heavy atom. The van der Waals surface area contributed by atoms with Gasteiger partial charge in [-0.05, 0) is 24.1 Å². The maximum absolute atomic E-state index is 13.1. The topological polar surface area (TPSA) is 130 Å². The molecular weight excluding hydrogens is 415 g/mol. The first-order chi connectivity index (χ1) is 14.5. The smallest absolute Gasteiger partial charge is 0.308 e. The van der Waals surface area contributed by atoms with Gasteiger partial charge in [0.1, 0.15) is 17.9 Å². The van der Waals surface area contributed by atoms with Gasteiger partial charge < -0.3 is 5.32 Å². The molecule has 3 rings (SSSR count). The van der Waals surface area contributed by atoms with Crippen LogP contribution in [0.25, 0.3) is 10.8 Å². The first-order valence-electron chi connectivity index (χ1n) is 9.06. The first-order valence-corrected chi connectivity index (χ1v) is 9.06. The molecule has 0 atom stereocenters. The number of nitrogens with zero attached hydrogens (tertiary/aromatic N) is 4. The van der Waals surface area contributed by atoms with E-state index in [4.69, 9.17) is 10.8 Å². The summed E-state index contributed by atoms with van der Waals surface area (Å²) in [5, 5.41) is 21.5. The number of aromatic nitrogens is 4. The third kappa shape index (κ3) is 4.52. The highest BCUT2D eigenvalue weighted by Crippen LogP contribution is 2.32. The van der Waals surface area contributed by atoms with Crippen molar-refractivity contribution in [3.8, 4) is 0 Å². The van der Waals surface area contributed by atoms with Gasteiger partial charge >= 0.3 is 6.18 Å². The summed E-state index contributed by atoms with van der Waals surface area (Å²) in [5.74, 6) is -0.909. The van der Waals surface area contributed by atoms with Crippen LogP contribution in [0, 0.1) is 10.8 Å². The number of halogens is 3. The summed E-state index contributed by atoms with van der Waals surface area (Å²) in [6.45, 7) is 2.95. The Labute approximate surface area is 173 Å². The highest BCUT2D eigenvalue weighted by molar-refractivity contribution is 5.90. The van der Waals surface area contributed by atoms with E-state index in [2.05, 4.69) is 15.4 Å². The zero-order valence-electron chi connectivity index (χ0n) is 16.5. The molecule has 162 valence electrons. The molecule has 0 saturated heterocycles. The predicted molar refractivity (Wildman–Crippen MR) is 106 cm³/mol. The highest BCUT2D eigenvalue weighted by atomic mass is 19.4. The zero-order chi connectivity index (χ0) is 22.9. The number of carbonyl (C=O) groups is 1. The van der Waals surface area contributed by atoms with E-state index < -0.39 is 29.8 Å². The van der Waals surface area contributed by atoms with E-state index >= 15 is 0 Å². The summed E-state index contributed by atoms with van der Waals surface area (Å²) in [4.78, 5) is 29.0. The van der Waals surface area contributed by atoms with E-state index in [1.165, 1.54) is 6.20 Å². The molecule has 0 radical (unpaired) electrons. The van der Waals surface area contributed by atoms with Gasteiger partial charge in [0, 0.05) is 5.39 Å². The number of anilines is 1. The maximum Gasteiger partial charge on any atom is 0.416 e. The molecule has 3 aromatic rings. The van der Waals surface area contributed by atoms with Crippen LogP contribution in [-0.2, 0) is 17.5 Å². The zero-order valence-corrected chi connectivity index (χ0v) is 16.5. The number of rotatable bonds is 5. The molecular formula is C19H18F3N7O2. The molecule has 2 aromatic heterocycles. The minimum atomic E-state index is -4.56. The summed E-state index contributed by atoms with van der Waals surface area (Å²) in [7, 11) is 0. The van der Waals surface area contributed by atoms with Crippen molar-refractivity contribution in [2.24, 2.45) is 0 Å². The number of amides is 1. The number of alkyl halides is 3. The number of fused-ring (bicyclic) bond motifs is 1. The standard InChI is InChI=1S/C19H18F3N7O2/c1-10(2)17-13-5-11(19(20,21)22)3-4-12(13)18(31)29(27-17)8-16(30)26-15-7-28(9-23)14(24)6-25-15/h3-7,9-10,23-24H,8H2,1-2H3,(H,26,30). The normalized spacial score (nSPS) is 11.7. The van der Waals surface area contributed by atoms with Crippen molar-refractivity contribution >= 4 is 28.8 Å². The molecule has 0 bridgehead atoms. The minimum Gasteiger partial charge on any atom is -0.308 e. The SMILES string of the molecule is CC(C)c1nn(CC(=O)Nc2cn(C=N)c(=N)cn2)c(=O)c2ccc(C(F)(F)F)cc12. The van der Waals surface area contributed by atoms with Gasteiger partial charge in [-0.15, -0.1) is 0 Å². The average Bonchev–Trinajstić information content (AvgIpc) is 2.70. The van der Waals surface area contributed by atoms with Crippen LogP contribution in [0.1, 0.15) is 31.0 Å². The van der Waals surface area contributed by atoms with E-state index in [-0.39, 0.29) is 33.7 Å². The maximum atomic E-state index is 13.1. The lowest BCUT2D eigenvalue weighted by atomic mass is 10.0. The second-order valence-electron chi connectivity index (χ2n) is 7.00. The molecule has 0 saturated carbocycles. The molecule has 0 aliphatic carbocycles. The molecule has 0 fully saturated rings. The van der Waals surface area contributed by atoms with Crippen LogP contribution in [0.2, 0.25) is 0 Å². The number of benzene rings is 1. The second-order valence-corrected chi connectivity index (χ2v) is 7.00. The van der Waals surface area contributed by atoms with E-state index in [9.17, 15) is 22.8 Å². The van der Waals surface area contributed by atoms with Crippen LogP contribution in [0.15, 0.2) is 35.4 Å². The summed E-state index contributed by atoms with van der Waals surface area (Å²) < 4.78 is 41.3. The quantitative estimate of drug-likeness (QED) is 0.421. The van der Waals surface area contributed by atoms with Crippen molar-refractivity contribution in [2.45, 2.75) is 32.5 Å². The fourth-order valence-electron chi connectivity index (χ4n) is 2.94. The van der Waals surface area contributed by atoms with Crippen LogP contribution >= 0.6 is 0 Å². The van der Waals surface area contributed by atoms with Gasteiger partial charge in [-0.1, -0.05) is 13.8 Å². The first kappa shape index (κ1) is 21.9. The summed E-state index contributed by atoms with van der Waals surface area (Å²) in [6, 6.07) is 2.80. The van der Waals surface area contributed by atoms with Crippen LogP contribution in [0.5, 0.6) is 0 Å². The van der Waals surface area contributed by atoms with Crippen LogP contribution < -0.4 is 16.4 Å². The molecule has 12 heteroatoms. The van der Waals surface area contributed by atoms with Crippen LogP contribution in [-0.4, -0.2) is 31.6 Å². The molecule has 1 aromatic carbocycles. The Bertz CT molecular complexity index is 1290. The fourth-order valence-corrected chi connectivity index (χ4v) is 2.94. The van der Waals surface area contributed by atoms with Crippen molar-refractivity contribution < 1.29 is 18.0 Å². The monoisotopic (exact) mass is 433 g/mol. The summed E-state index contributed by atoms with van der Waals surface area (Å²) >= 11 is 0. The Morgan fingerprint density at radius 1 is 1.29 bits per heavy atom. The van der Waals surface area contributed by atoms with Crippen LogP contribution in [0.3, 0.4) is 0 Å². The van der Waals surface area contributed by atoms with Gasteiger partial charge in [-0.25, -0.2) is 9.67 Å². The van der Waals surface area contributed by atoms with Gasteiger partial charge in [-0.3, -0.25) is 25.0 Å². The molecule has 0 unspecified atom stereocenters. The molecule has 0 spiro atoms.